The second-order valence-corrected chi connectivity index (χ2v) is 12.1. The minimum absolute atomic E-state index is 0.325. The first kappa shape index (κ1) is 24.6. The van der Waals surface area contributed by atoms with E-state index in [0.717, 1.165) is 50.2 Å². The standard InChI is InChI=1S/C17H25N.C15H19NO/c1-17(2)16(12-14-8-9-14)10-11-18(17)13-15-6-4-3-5-7-15;17-15-14(10-12-6-7-12)8-9-16(15)11-13-4-2-1-3-5-13/h3-7,14,16H,8-13H2,1-2H3;1-5,12,14H,6-11H2. The van der Waals surface area contributed by atoms with Crippen LogP contribution >= 0.6 is 0 Å². The van der Waals surface area contributed by atoms with Crippen molar-refractivity contribution < 1.29 is 4.79 Å². The van der Waals surface area contributed by atoms with Gasteiger partial charge in [0.05, 0.1) is 0 Å². The zero-order valence-corrected chi connectivity index (χ0v) is 21.9. The Bertz CT molecular complexity index is 948. The van der Waals surface area contributed by atoms with E-state index in [0.29, 0.717) is 17.4 Å². The summed E-state index contributed by atoms with van der Waals surface area (Å²) < 4.78 is 0. The van der Waals surface area contributed by atoms with Crippen molar-refractivity contribution in [1.82, 2.24) is 9.80 Å². The van der Waals surface area contributed by atoms with E-state index in [1.54, 1.807) is 0 Å². The number of rotatable bonds is 8. The highest BCUT2D eigenvalue weighted by Crippen LogP contribution is 2.45. The number of carbonyl (C=O) groups is 1. The molecule has 4 fully saturated rings. The molecule has 35 heavy (non-hydrogen) atoms. The predicted octanol–water partition coefficient (Wildman–Crippen LogP) is 6.92. The van der Waals surface area contributed by atoms with Gasteiger partial charge in [-0.15, -0.1) is 0 Å². The summed E-state index contributed by atoms with van der Waals surface area (Å²) in [6, 6.07) is 21.2. The lowest BCUT2D eigenvalue weighted by Gasteiger charge is -2.36. The Morgan fingerprint density at radius 2 is 1.29 bits per heavy atom. The molecule has 0 radical (unpaired) electrons. The van der Waals surface area contributed by atoms with E-state index in [1.807, 2.05) is 23.1 Å². The molecule has 0 bridgehead atoms. The highest BCUT2D eigenvalue weighted by atomic mass is 16.2. The molecule has 2 heterocycles. The Labute approximate surface area is 212 Å². The lowest BCUT2D eigenvalue weighted by Crippen LogP contribution is -2.42. The van der Waals surface area contributed by atoms with Crippen molar-refractivity contribution in [2.24, 2.45) is 23.7 Å². The van der Waals surface area contributed by atoms with Crippen LogP contribution in [0.5, 0.6) is 0 Å². The van der Waals surface area contributed by atoms with Gasteiger partial charge in [-0.3, -0.25) is 9.69 Å². The van der Waals surface area contributed by atoms with Gasteiger partial charge in [-0.25, -0.2) is 0 Å². The molecule has 2 aromatic rings. The number of benzene rings is 2. The molecule has 2 aliphatic carbocycles. The van der Waals surface area contributed by atoms with Crippen LogP contribution in [0.15, 0.2) is 60.7 Å². The highest BCUT2D eigenvalue weighted by molar-refractivity contribution is 5.80. The molecule has 1 amide bonds. The minimum Gasteiger partial charge on any atom is -0.338 e. The Hall–Kier alpha value is -2.13. The van der Waals surface area contributed by atoms with Gasteiger partial charge < -0.3 is 4.90 Å². The molecule has 3 nitrogen and oxygen atoms in total. The Morgan fingerprint density at radius 3 is 1.89 bits per heavy atom. The van der Waals surface area contributed by atoms with Crippen LogP contribution in [0.1, 0.15) is 76.3 Å². The summed E-state index contributed by atoms with van der Waals surface area (Å²) in [5.74, 6) is 3.55. The maximum absolute atomic E-state index is 12.2. The third kappa shape index (κ3) is 6.55. The van der Waals surface area contributed by atoms with E-state index >= 15 is 0 Å². The normalized spacial score (nSPS) is 26.0. The SMILES string of the molecule is CC1(C)C(CC2CC2)CCN1Cc1ccccc1.O=C1C(CC2CC2)CCN1Cc1ccccc1. The fraction of sp³-hybridized carbons (Fsp3) is 0.594. The van der Waals surface area contributed by atoms with Gasteiger partial charge in [-0.05, 0) is 75.0 Å². The molecule has 0 spiro atoms. The molecule has 4 aliphatic rings. The van der Waals surface area contributed by atoms with Crippen molar-refractivity contribution in [3.05, 3.63) is 71.8 Å². The molecule has 2 saturated heterocycles. The molecule has 2 saturated carbocycles. The summed E-state index contributed by atoms with van der Waals surface area (Å²) in [5, 5.41) is 0. The van der Waals surface area contributed by atoms with Crippen molar-refractivity contribution >= 4 is 5.91 Å². The van der Waals surface area contributed by atoms with E-state index in [1.165, 1.54) is 56.2 Å². The Balaban J connectivity index is 0.000000145. The van der Waals surface area contributed by atoms with Crippen LogP contribution in [0.3, 0.4) is 0 Å². The predicted molar refractivity (Wildman–Crippen MR) is 144 cm³/mol. The second-order valence-electron chi connectivity index (χ2n) is 12.1. The van der Waals surface area contributed by atoms with Crippen LogP contribution in [-0.4, -0.2) is 34.3 Å². The van der Waals surface area contributed by atoms with Crippen molar-refractivity contribution in [2.75, 3.05) is 13.1 Å². The first-order valence-electron chi connectivity index (χ1n) is 14.1. The topological polar surface area (TPSA) is 23.6 Å². The zero-order chi connectivity index (χ0) is 24.3. The van der Waals surface area contributed by atoms with E-state index in [9.17, 15) is 4.79 Å². The lowest BCUT2D eigenvalue weighted by atomic mass is 9.84. The molecule has 2 atom stereocenters. The Morgan fingerprint density at radius 1 is 0.714 bits per heavy atom. The highest BCUT2D eigenvalue weighted by Gasteiger charge is 2.43. The summed E-state index contributed by atoms with van der Waals surface area (Å²) >= 11 is 0. The van der Waals surface area contributed by atoms with E-state index in [-0.39, 0.29) is 0 Å². The van der Waals surface area contributed by atoms with Gasteiger partial charge in [0.15, 0.2) is 0 Å². The monoisotopic (exact) mass is 472 g/mol. The summed E-state index contributed by atoms with van der Waals surface area (Å²) in [6.07, 6.45) is 10.8. The largest absolute Gasteiger partial charge is 0.338 e. The Kier molecular flexibility index (Phi) is 7.62. The van der Waals surface area contributed by atoms with Crippen LogP contribution in [0.2, 0.25) is 0 Å². The first-order chi connectivity index (χ1) is 17.0. The van der Waals surface area contributed by atoms with Crippen molar-refractivity contribution in [3.63, 3.8) is 0 Å². The minimum atomic E-state index is 0.325. The number of hydrogen-bond acceptors (Lipinski definition) is 2. The van der Waals surface area contributed by atoms with Crippen LogP contribution in [0.25, 0.3) is 0 Å². The molecule has 0 N–H and O–H groups in total. The number of likely N-dealkylation sites (tertiary alicyclic amines) is 2. The molecule has 0 aromatic heterocycles. The summed E-state index contributed by atoms with van der Waals surface area (Å²) in [4.78, 5) is 16.9. The number of carbonyl (C=O) groups excluding carboxylic acids is 1. The van der Waals surface area contributed by atoms with Gasteiger partial charge in [-0.2, -0.15) is 0 Å². The quantitative estimate of drug-likeness (QED) is 0.416. The molecule has 2 aromatic carbocycles. The molecule has 2 unspecified atom stereocenters. The molecular formula is C32H44N2O. The molecular weight excluding hydrogens is 428 g/mol. The molecule has 188 valence electrons. The van der Waals surface area contributed by atoms with Crippen LogP contribution in [-0.2, 0) is 17.9 Å². The zero-order valence-electron chi connectivity index (χ0n) is 21.9. The van der Waals surface area contributed by atoms with Crippen molar-refractivity contribution in [3.8, 4) is 0 Å². The first-order valence-corrected chi connectivity index (χ1v) is 14.1. The van der Waals surface area contributed by atoms with Crippen LogP contribution < -0.4 is 0 Å². The van der Waals surface area contributed by atoms with Gasteiger partial charge >= 0.3 is 0 Å². The summed E-state index contributed by atoms with van der Waals surface area (Å²) in [5.41, 5.74) is 3.09. The average molecular weight is 473 g/mol. The van der Waals surface area contributed by atoms with Gasteiger partial charge in [0.25, 0.3) is 0 Å². The van der Waals surface area contributed by atoms with Crippen LogP contribution in [0, 0.1) is 23.7 Å². The third-order valence-corrected chi connectivity index (χ3v) is 9.03. The second kappa shape index (κ2) is 10.9. The van der Waals surface area contributed by atoms with Crippen LogP contribution in [0.4, 0.5) is 0 Å². The molecule has 2 aliphatic heterocycles. The van der Waals surface area contributed by atoms with Gasteiger partial charge in [0, 0.05) is 31.1 Å². The smallest absolute Gasteiger partial charge is 0.226 e. The fourth-order valence-electron chi connectivity index (χ4n) is 6.20. The van der Waals surface area contributed by atoms with E-state index in [4.69, 9.17) is 0 Å². The van der Waals surface area contributed by atoms with Gasteiger partial charge in [0.1, 0.15) is 0 Å². The number of nitrogens with zero attached hydrogens (tertiary/aromatic N) is 2. The lowest BCUT2D eigenvalue weighted by molar-refractivity contribution is -0.131. The number of hydrogen-bond donors (Lipinski definition) is 0. The summed E-state index contributed by atoms with van der Waals surface area (Å²) in [6.45, 7) is 9.05. The van der Waals surface area contributed by atoms with Crippen molar-refractivity contribution in [1.29, 1.82) is 0 Å². The fourth-order valence-corrected chi connectivity index (χ4v) is 6.20. The van der Waals surface area contributed by atoms with Gasteiger partial charge in [-0.1, -0.05) is 86.3 Å². The summed E-state index contributed by atoms with van der Waals surface area (Å²) in [7, 11) is 0. The van der Waals surface area contributed by atoms with Gasteiger partial charge in [0.2, 0.25) is 5.91 Å². The average Bonchev–Trinajstić information content (AvgIpc) is 3.79. The van der Waals surface area contributed by atoms with Crippen molar-refractivity contribution in [2.45, 2.75) is 83.8 Å². The maximum atomic E-state index is 12.2. The molecule has 6 rings (SSSR count). The van der Waals surface area contributed by atoms with E-state index < -0.39 is 0 Å². The number of amides is 1. The maximum Gasteiger partial charge on any atom is 0.226 e. The van der Waals surface area contributed by atoms with E-state index in [2.05, 4.69) is 61.2 Å². The third-order valence-electron chi connectivity index (χ3n) is 9.03. The molecule has 3 heteroatoms.